The third-order valence-electron chi connectivity index (χ3n) is 1.20. The van der Waals surface area contributed by atoms with Crippen LogP contribution in [0.25, 0.3) is 0 Å². The van der Waals surface area contributed by atoms with Gasteiger partial charge < -0.3 is 0 Å². The number of hydrogen-bond donors (Lipinski definition) is 1. The highest BCUT2D eigenvalue weighted by atomic mass is 16.5. The Morgan fingerprint density at radius 3 is 2.40 bits per heavy atom. The second-order valence-electron chi connectivity index (χ2n) is 3.18. The molecule has 10 heavy (non-hydrogen) atoms. The highest BCUT2D eigenvalue weighted by molar-refractivity contribution is 4.54. The first-order chi connectivity index (χ1) is 4.50. The van der Waals surface area contributed by atoms with Crippen LogP contribution in [0.5, 0.6) is 0 Å². The van der Waals surface area contributed by atoms with Crippen LogP contribution in [0.4, 0.5) is 0 Å². The largest absolute Gasteiger partial charge is 0.426 e. The summed E-state index contributed by atoms with van der Waals surface area (Å²) in [5.74, 6) is 0. The van der Waals surface area contributed by atoms with Crippen LogP contribution in [0.15, 0.2) is 15.5 Å². The van der Waals surface area contributed by atoms with E-state index in [2.05, 4.69) is 9.79 Å². The van der Waals surface area contributed by atoms with Crippen molar-refractivity contribution >= 4 is 0 Å². The zero-order chi connectivity index (χ0) is 7.78. The van der Waals surface area contributed by atoms with Gasteiger partial charge >= 0.3 is 5.63 Å². The summed E-state index contributed by atoms with van der Waals surface area (Å²) < 4.78 is 6.09. The quantitative estimate of drug-likeness (QED) is 0.520. The summed E-state index contributed by atoms with van der Waals surface area (Å²) in [4.78, 5) is 10.5. The van der Waals surface area contributed by atoms with E-state index in [1.54, 1.807) is 4.68 Å². The van der Waals surface area contributed by atoms with Crippen molar-refractivity contribution in [3.8, 4) is 0 Å². The summed E-state index contributed by atoms with van der Waals surface area (Å²) in [6.07, 6.45) is 1.39. The molecule has 1 aromatic heterocycles. The lowest BCUT2D eigenvalue weighted by Gasteiger charge is -2.05. The maximum absolute atomic E-state index is 10.5. The predicted molar refractivity (Wildman–Crippen MR) is 34.5 cm³/mol. The zero-order valence-electron chi connectivity index (χ0n) is 6.34. The van der Waals surface area contributed by atoms with E-state index in [9.17, 15) is 4.79 Å². The number of aromatic amines is 1. The second-order valence-corrected chi connectivity index (χ2v) is 3.18. The standard InChI is InChI=1S/C6H10N2O2/c1-6(2,3)8-4-5(9)10-7-8/h4H,1-3H3/p+1. The smallest absolute Gasteiger partial charge is 0.284 e. The van der Waals surface area contributed by atoms with E-state index in [-0.39, 0.29) is 11.2 Å². The van der Waals surface area contributed by atoms with Crippen molar-refractivity contribution < 1.29 is 9.20 Å². The molecule has 0 aliphatic carbocycles. The van der Waals surface area contributed by atoms with Crippen molar-refractivity contribution in [2.24, 2.45) is 0 Å². The Morgan fingerprint density at radius 1 is 1.60 bits per heavy atom. The van der Waals surface area contributed by atoms with Gasteiger partial charge in [0, 0.05) is 20.8 Å². The fraction of sp³-hybridized carbons (Fsp3) is 0.667. The van der Waals surface area contributed by atoms with Gasteiger partial charge in [0.1, 0.15) is 0 Å². The van der Waals surface area contributed by atoms with E-state index >= 15 is 0 Å². The molecule has 0 aliphatic heterocycles. The van der Waals surface area contributed by atoms with Gasteiger partial charge in [-0.05, 0) is 5.27 Å². The van der Waals surface area contributed by atoms with Crippen LogP contribution in [0.1, 0.15) is 20.8 Å². The van der Waals surface area contributed by atoms with E-state index in [1.165, 1.54) is 6.20 Å². The summed E-state index contributed by atoms with van der Waals surface area (Å²) in [5.41, 5.74) is -0.471. The zero-order valence-corrected chi connectivity index (χ0v) is 6.34. The van der Waals surface area contributed by atoms with Crippen LogP contribution in [0.2, 0.25) is 0 Å². The summed E-state index contributed by atoms with van der Waals surface area (Å²) in [7, 11) is 0. The van der Waals surface area contributed by atoms with Gasteiger partial charge in [0.15, 0.2) is 5.54 Å². The van der Waals surface area contributed by atoms with Gasteiger partial charge in [0.2, 0.25) is 0 Å². The van der Waals surface area contributed by atoms with Crippen molar-refractivity contribution in [2.75, 3.05) is 0 Å². The molecule has 0 aromatic carbocycles. The Bertz CT molecular complexity index is 266. The van der Waals surface area contributed by atoms with Gasteiger partial charge in [-0.1, -0.05) is 4.68 Å². The number of aromatic nitrogens is 2. The number of nitrogens with zero attached hydrogens (tertiary/aromatic N) is 1. The normalized spacial score (nSPS) is 11.9. The first-order valence-corrected chi connectivity index (χ1v) is 3.11. The molecule has 56 valence electrons. The number of nitrogens with one attached hydrogen (secondary N) is 1. The molecule has 1 N–H and O–H groups in total. The molecule has 0 spiro atoms. The van der Waals surface area contributed by atoms with Crippen molar-refractivity contribution in [1.82, 2.24) is 5.27 Å². The highest BCUT2D eigenvalue weighted by Crippen LogP contribution is 1.99. The molecule has 0 unspecified atom stereocenters. The Hall–Kier alpha value is -1.06. The minimum atomic E-state index is -0.352. The molecule has 0 fully saturated rings. The molecule has 0 saturated heterocycles. The van der Waals surface area contributed by atoms with Crippen LogP contribution in [0, 0.1) is 0 Å². The molecular weight excluding hydrogens is 132 g/mol. The van der Waals surface area contributed by atoms with Crippen molar-refractivity contribution in [3.63, 3.8) is 0 Å². The molecule has 1 rings (SSSR count). The van der Waals surface area contributed by atoms with Gasteiger partial charge in [-0.15, -0.1) is 0 Å². The van der Waals surface area contributed by atoms with Crippen LogP contribution in [-0.4, -0.2) is 5.27 Å². The van der Waals surface area contributed by atoms with Gasteiger partial charge in [0.05, 0.1) is 0 Å². The van der Waals surface area contributed by atoms with Crippen LogP contribution in [0.3, 0.4) is 0 Å². The lowest BCUT2D eigenvalue weighted by atomic mass is 10.1. The number of H-pyrrole nitrogens is 1. The summed E-state index contributed by atoms with van der Waals surface area (Å²) in [5, 5.41) is 2.47. The van der Waals surface area contributed by atoms with E-state index in [0.29, 0.717) is 0 Å². The molecule has 0 aliphatic rings. The monoisotopic (exact) mass is 143 g/mol. The fourth-order valence-electron chi connectivity index (χ4n) is 0.583. The van der Waals surface area contributed by atoms with Gasteiger partial charge in [-0.25, -0.2) is 4.79 Å². The number of hydrogen-bond acceptors (Lipinski definition) is 2. The molecule has 0 bridgehead atoms. The van der Waals surface area contributed by atoms with Gasteiger partial charge in [-0.3, -0.25) is 4.52 Å². The lowest BCUT2D eigenvalue weighted by Crippen LogP contribution is -2.51. The Labute approximate surface area is 58.4 Å². The van der Waals surface area contributed by atoms with Crippen molar-refractivity contribution in [3.05, 3.63) is 16.6 Å². The SMILES string of the molecule is CC(C)(C)[n+]1cc(=O)o[nH]1. The summed E-state index contributed by atoms with van der Waals surface area (Å²) in [6, 6.07) is 0. The highest BCUT2D eigenvalue weighted by Gasteiger charge is 2.24. The minimum Gasteiger partial charge on any atom is -0.284 e. The third kappa shape index (κ3) is 1.26. The van der Waals surface area contributed by atoms with Crippen LogP contribution < -0.4 is 10.3 Å². The maximum Gasteiger partial charge on any atom is 0.426 e. The topological polar surface area (TPSA) is 49.9 Å². The molecule has 0 saturated carbocycles. The van der Waals surface area contributed by atoms with E-state index < -0.39 is 0 Å². The Balaban J connectivity index is 3.07. The average Bonchev–Trinajstić information content (AvgIpc) is 2.11. The molecule has 0 amide bonds. The fourth-order valence-corrected chi connectivity index (χ4v) is 0.583. The lowest BCUT2D eigenvalue weighted by molar-refractivity contribution is -0.813. The Morgan fingerprint density at radius 2 is 2.20 bits per heavy atom. The third-order valence-corrected chi connectivity index (χ3v) is 1.20. The minimum absolute atomic E-state index is 0.119. The average molecular weight is 143 g/mol. The van der Waals surface area contributed by atoms with Crippen LogP contribution >= 0.6 is 0 Å². The molecule has 1 heterocycles. The predicted octanol–water partition coefficient (Wildman–Crippen LogP) is 0.0104. The van der Waals surface area contributed by atoms with E-state index in [0.717, 1.165) is 0 Å². The summed E-state index contributed by atoms with van der Waals surface area (Å²) >= 11 is 0. The molecule has 4 heteroatoms. The summed E-state index contributed by atoms with van der Waals surface area (Å²) in [6.45, 7) is 5.91. The second kappa shape index (κ2) is 1.97. The number of rotatable bonds is 0. The molecule has 1 aromatic rings. The van der Waals surface area contributed by atoms with E-state index in [4.69, 9.17) is 0 Å². The van der Waals surface area contributed by atoms with Gasteiger partial charge in [0.25, 0.3) is 6.20 Å². The van der Waals surface area contributed by atoms with Crippen molar-refractivity contribution in [2.45, 2.75) is 26.3 Å². The molecule has 0 radical (unpaired) electrons. The molecular formula is C6H11N2O2+. The first-order valence-electron chi connectivity index (χ1n) is 3.11. The van der Waals surface area contributed by atoms with Crippen LogP contribution in [-0.2, 0) is 5.54 Å². The van der Waals surface area contributed by atoms with Crippen molar-refractivity contribution in [1.29, 1.82) is 0 Å². The molecule has 0 atom stereocenters. The molecule has 4 nitrogen and oxygen atoms in total. The van der Waals surface area contributed by atoms with E-state index in [1.807, 2.05) is 20.8 Å². The first kappa shape index (κ1) is 7.05. The maximum atomic E-state index is 10.5. The van der Waals surface area contributed by atoms with Gasteiger partial charge in [-0.2, -0.15) is 0 Å². The Kier molecular flexibility index (Phi) is 1.39.